The number of hydrogen-bond acceptors (Lipinski definition) is 4. The molecule has 6 nitrogen and oxygen atoms in total. The van der Waals surface area contributed by atoms with Gasteiger partial charge in [0.2, 0.25) is 0 Å². The van der Waals surface area contributed by atoms with Gasteiger partial charge in [-0.25, -0.2) is 4.68 Å². The van der Waals surface area contributed by atoms with Crippen LogP contribution in [0, 0.1) is 0 Å². The van der Waals surface area contributed by atoms with Crippen LogP contribution in [0.3, 0.4) is 0 Å². The first-order chi connectivity index (χ1) is 7.06. The van der Waals surface area contributed by atoms with Crippen LogP contribution in [0.15, 0.2) is 24.3 Å². The molecule has 7 heteroatoms. The van der Waals surface area contributed by atoms with Crippen LogP contribution in [0.4, 0.5) is 0 Å². The Morgan fingerprint density at radius 1 is 1.33 bits per heavy atom. The number of aromatic nitrogens is 3. The number of para-hydroxylation sites is 1. The first kappa shape index (κ1) is 10.1. The lowest BCUT2D eigenvalue weighted by Crippen LogP contribution is -2.12. The Balaban J connectivity index is 2.29. The van der Waals surface area contributed by atoms with Gasteiger partial charge in [0.05, 0.1) is 17.8 Å². The second-order valence-corrected chi connectivity index (χ2v) is 4.66. The summed E-state index contributed by atoms with van der Waals surface area (Å²) in [7, 11) is -3.96. The average Bonchev–Trinajstić information content (AvgIpc) is 2.57. The SMILES string of the molecule is O=S(=O)(O)CCn1nnc2ccccc21. The molecule has 0 spiro atoms. The Morgan fingerprint density at radius 3 is 2.80 bits per heavy atom. The van der Waals surface area contributed by atoms with E-state index in [1.165, 1.54) is 4.68 Å². The molecule has 0 bridgehead atoms. The molecule has 0 aliphatic heterocycles. The predicted molar refractivity (Wildman–Crippen MR) is 53.9 cm³/mol. The smallest absolute Gasteiger partial charge is 0.266 e. The van der Waals surface area contributed by atoms with Gasteiger partial charge in [-0.3, -0.25) is 4.55 Å². The average molecular weight is 227 g/mol. The Morgan fingerprint density at radius 2 is 2.07 bits per heavy atom. The minimum atomic E-state index is -3.96. The summed E-state index contributed by atoms with van der Waals surface area (Å²) in [4.78, 5) is 0. The minimum absolute atomic E-state index is 0.0966. The van der Waals surface area contributed by atoms with E-state index in [-0.39, 0.29) is 12.3 Å². The standard InChI is InChI=1S/C8H9N3O3S/c12-15(13,14)6-5-11-8-4-2-1-3-7(8)9-10-11/h1-4H,5-6H2,(H,12,13,14). The third kappa shape index (κ3) is 2.31. The second kappa shape index (κ2) is 3.59. The van der Waals surface area contributed by atoms with Crippen LogP contribution in [0.1, 0.15) is 0 Å². The number of rotatable bonds is 3. The van der Waals surface area contributed by atoms with Gasteiger partial charge >= 0.3 is 0 Å². The van der Waals surface area contributed by atoms with E-state index in [0.717, 1.165) is 5.52 Å². The molecule has 0 atom stereocenters. The molecule has 15 heavy (non-hydrogen) atoms. The van der Waals surface area contributed by atoms with E-state index in [1.807, 2.05) is 12.1 Å². The maximum Gasteiger partial charge on any atom is 0.266 e. The first-order valence-electron chi connectivity index (χ1n) is 4.30. The molecular weight excluding hydrogens is 218 g/mol. The molecule has 1 heterocycles. The molecule has 80 valence electrons. The zero-order valence-corrected chi connectivity index (χ0v) is 8.55. The van der Waals surface area contributed by atoms with Crippen molar-refractivity contribution >= 4 is 21.2 Å². The highest BCUT2D eigenvalue weighted by molar-refractivity contribution is 7.85. The van der Waals surface area contributed by atoms with Crippen LogP contribution in [0.2, 0.25) is 0 Å². The minimum Gasteiger partial charge on any atom is -0.285 e. The molecule has 0 aliphatic rings. The predicted octanol–water partition coefficient (Wildman–Crippen LogP) is 0.319. The quantitative estimate of drug-likeness (QED) is 0.763. The van der Waals surface area contributed by atoms with Crippen molar-refractivity contribution in [2.75, 3.05) is 5.75 Å². The van der Waals surface area contributed by atoms with Crippen molar-refractivity contribution < 1.29 is 13.0 Å². The fourth-order valence-corrected chi connectivity index (χ4v) is 1.69. The highest BCUT2D eigenvalue weighted by Crippen LogP contribution is 2.09. The summed E-state index contributed by atoms with van der Waals surface area (Å²) in [5.41, 5.74) is 1.45. The number of benzene rings is 1. The molecule has 0 amide bonds. The summed E-state index contributed by atoms with van der Waals surface area (Å²) in [6.45, 7) is 0.0966. The van der Waals surface area contributed by atoms with Crippen LogP contribution in [-0.4, -0.2) is 33.7 Å². The van der Waals surface area contributed by atoms with Gasteiger partial charge in [0.25, 0.3) is 10.1 Å². The molecule has 0 radical (unpaired) electrons. The van der Waals surface area contributed by atoms with Gasteiger partial charge in [-0.15, -0.1) is 5.10 Å². The number of hydrogen-bond donors (Lipinski definition) is 1. The molecular formula is C8H9N3O3S. The normalized spacial score (nSPS) is 12.1. The lowest BCUT2D eigenvalue weighted by Gasteiger charge is -1.99. The van der Waals surface area contributed by atoms with Gasteiger partial charge in [0, 0.05) is 0 Å². The summed E-state index contributed by atoms with van der Waals surface area (Å²) >= 11 is 0. The van der Waals surface area contributed by atoms with Gasteiger partial charge in [-0.1, -0.05) is 17.3 Å². The lowest BCUT2D eigenvalue weighted by atomic mass is 10.3. The van der Waals surface area contributed by atoms with Gasteiger partial charge in [-0.2, -0.15) is 8.42 Å². The topological polar surface area (TPSA) is 85.1 Å². The zero-order valence-electron chi connectivity index (χ0n) is 7.74. The molecule has 0 fully saturated rings. The second-order valence-electron chi connectivity index (χ2n) is 3.09. The Kier molecular flexibility index (Phi) is 2.41. The van der Waals surface area contributed by atoms with Crippen molar-refractivity contribution in [3.05, 3.63) is 24.3 Å². The van der Waals surface area contributed by atoms with Crippen LogP contribution >= 0.6 is 0 Å². The number of aryl methyl sites for hydroxylation is 1. The zero-order chi connectivity index (χ0) is 10.9. The van der Waals surface area contributed by atoms with Crippen LogP contribution in [-0.2, 0) is 16.7 Å². The molecule has 1 aromatic carbocycles. The monoisotopic (exact) mass is 227 g/mol. The Bertz CT molecular complexity index is 576. The van der Waals surface area contributed by atoms with E-state index in [2.05, 4.69) is 10.3 Å². The number of fused-ring (bicyclic) bond motifs is 1. The highest BCUT2D eigenvalue weighted by Gasteiger charge is 2.08. The van der Waals surface area contributed by atoms with E-state index in [0.29, 0.717) is 5.52 Å². The third-order valence-corrected chi connectivity index (χ3v) is 2.68. The molecule has 1 N–H and O–H groups in total. The fourth-order valence-electron chi connectivity index (χ4n) is 1.28. The summed E-state index contributed by atoms with van der Waals surface area (Å²) in [5, 5.41) is 7.65. The van der Waals surface area contributed by atoms with Crippen molar-refractivity contribution in [3.63, 3.8) is 0 Å². The summed E-state index contributed by atoms with van der Waals surface area (Å²) < 4.78 is 31.2. The molecule has 1 aromatic heterocycles. The van der Waals surface area contributed by atoms with E-state index in [4.69, 9.17) is 4.55 Å². The molecule has 0 saturated heterocycles. The summed E-state index contributed by atoms with van der Waals surface area (Å²) in [6, 6.07) is 7.21. The summed E-state index contributed by atoms with van der Waals surface area (Å²) in [5.74, 6) is -0.361. The van der Waals surface area contributed by atoms with E-state index < -0.39 is 10.1 Å². The van der Waals surface area contributed by atoms with Gasteiger partial charge in [0.1, 0.15) is 5.52 Å². The molecule has 0 saturated carbocycles. The van der Waals surface area contributed by atoms with Crippen molar-refractivity contribution in [2.45, 2.75) is 6.54 Å². The molecule has 0 aliphatic carbocycles. The molecule has 2 rings (SSSR count). The van der Waals surface area contributed by atoms with Crippen molar-refractivity contribution in [1.82, 2.24) is 15.0 Å². The third-order valence-electron chi connectivity index (χ3n) is 1.98. The van der Waals surface area contributed by atoms with Crippen molar-refractivity contribution in [3.8, 4) is 0 Å². The highest BCUT2D eigenvalue weighted by atomic mass is 32.2. The van der Waals surface area contributed by atoms with Crippen molar-refractivity contribution in [2.24, 2.45) is 0 Å². The van der Waals surface area contributed by atoms with E-state index in [1.54, 1.807) is 12.1 Å². The van der Waals surface area contributed by atoms with Gasteiger partial charge < -0.3 is 0 Å². The van der Waals surface area contributed by atoms with Crippen LogP contribution in [0.25, 0.3) is 11.0 Å². The van der Waals surface area contributed by atoms with E-state index >= 15 is 0 Å². The first-order valence-corrected chi connectivity index (χ1v) is 5.90. The maximum absolute atomic E-state index is 10.6. The maximum atomic E-state index is 10.6. The van der Waals surface area contributed by atoms with Crippen LogP contribution in [0.5, 0.6) is 0 Å². The number of nitrogens with zero attached hydrogens (tertiary/aromatic N) is 3. The van der Waals surface area contributed by atoms with Crippen molar-refractivity contribution in [1.29, 1.82) is 0 Å². The largest absolute Gasteiger partial charge is 0.285 e. The lowest BCUT2D eigenvalue weighted by molar-refractivity contribution is 0.475. The molecule has 2 aromatic rings. The van der Waals surface area contributed by atoms with Gasteiger partial charge in [-0.05, 0) is 12.1 Å². The van der Waals surface area contributed by atoms with E-state index in [9.17, 15) is 8.42 Å². The van der Waals surface area contributed by atoms with Gasteiger partial charge in [0.15, 0.2) is 0 Å². The Hall–Kier alpha value is -1.47. The fraction of sp³-hybridized carbons (Fsp3) is 0.250. The van der Waals surface area contributed by atoms with Crippen LogP contribution < -0.4 is 0 Å². The molecule has 0 unspecified atom stereocenters. The summed E-state index contributed by atoms with van der Waals surface area (Å²) in [6.07, 6.45) is 0. The Labute approximate surface area is 86.3 Å².